The highest BCUT2D eigenvalue weighted by atomic mass is 32.2. The Morgan fingerprint density at radius 2 is 1.96 bits per heavy atom. The van der Waals surface area contributed by atoms with Gasteiger partial charge in [-0.3, -0.25) is 0 Å². The molecule has 3 rings (SSSR count). The first-order valence-corrected chi connectivity index (χ1v) is 8.78. The number of anilines is 1. The number of rotatable bonds is 5. The van der Waals surface area contributed by atoms with Crippen LogP contribution in [0.4, 0.5) is 5.82 Å². The van der Waals surface area contributed by atoms with Crippen molar-refractivity contribution in [1.29, 1.82) is 0 Å². The fraction of sp³-hybridized carbons (Fsp3) is 0.267. The Morgan fingerprint density at radius 1 is 1.21 bits per heavy atom. The summed E-state index contributed by atoms with van der Waals surface area (Å²) in [6.07, 6.45) is 3.13. The molecule has 9 heteroatoms. The molecule has 0 spiro atoms. The van der Waals surface area contributed by atoms with E-state index >= 15 is 0 Å². The molecule has 1 fully saturated rings. The standard InChI is InChI=1S/C15H16N4O4S/c20-15(21)13-8-17-14(9-16-13)18-11-6-7-19(10-11)24(22,23)12-4-2-1-3-5-12/h1-5,8-9,11H,6-7,10H2,(H,17,18)(H,20,21)/t11-/m0/s1. The average Bonchev–Trinajstić information content (AvgIpc) is 3.05. The Labute approximate surface area is 139 Å². The number of carboxylic acid groups (broad SMARTS) is 1. The number of aromatic carboxylic acids is 1. The molecule has 0 radical (unpaired) electrons. The number of nitrogens with one attached hydrogen (secondary N) is 1. The molecule has 2 aromatic rings. The molecule has 1 atom stereocenters. The lowest BCUT2D eigenvalue weighted by Gasteiger charge is -2.17. The lowest BCUT2D eigenvalue weighted by Crippen LogP contribution is -2.31. The van der Waals surface area contributed by atoms with Crippen LogP contribution >= 0.6 is 0 Å². The van der Waals surface area contributed by atoms with Crippen molar-refractivity contribution in [1.82, 2.24) is 14.3 Å². The van der Waals surface area contributed by atoms with Crippen LogP contribution in [-0.2, 0) is 10.0 Å². The zero-order chi connectivity index (χ0) is 17.2. The van der Waals surface area contributed by atoms with Gasteiger partial charge in [0.15, 0.2) is 5.69 Å². The third-order valence-electron chi connectivity index (χ3n) is 3.75. The third-order valence-corrected chi connectivity index (χ3v) is 5.63. The van der Waals surface area contributed by atoms with E-state index in [9.17, 15) is 13.2 Å². The zero-order valence-electron chi connectivity index (χ0n) is 12.7. The van der Waals surface area contributed by atoms with Crippen molar-refractivity contribution < 1.29 is 18.3 Å². The molecule has 2 N–H and O–H groups in total. The molecule has 8 nitrogen and oxygen atoms in total. The smallest absolute Gasteiger partial charge is 0.356 e. The molecular weight excluding hydrogens is 332 g/mol. The van der Waals surface area contributed by atoms with E-state index in [2.05, 4.69) is 15.3 Å². The number of hydrogen-bond acceptors (Lipinski definition) is 6. The Balaban J connectivity index is 1.66. The van der Waals surface area contributed by atoms with E-state index in [-0.39, 0.29) is 16.6 Å². The number of sulfonamides is 1. The molecule has 126 valence electrons. The van der Waals surface area contributed by atoms with Crippen LogP contribution < -0.4 is 5.32 Å². The predicted molar refractivity (Wildman–Crippen MR) is 86.2 cm³/mol. The van der Waals surface area contributed by atoms with Gasteiger partial charge in [-0.2, -0.15) is 4.31 Å². The molecule has 1 aromatic carbocycles. The van der Waals surface area contributed by atoms with Crippen molar-refractivity contribution in [2.45, 2.75) is 17.4 Å². The summed E-state index contributed by atoms with van der Waals surface area (Å²) < 4.78 is 26.5. The molecule has 1 saturated heterocycles. The first-order chi connectivity index (χ1) is 11.5. The third kappa shape index (κ3) is 3.36. The van der Waals surface area contributed by atoms with E-state index in [0.717, 1.165) is 6.20 Å². The molecule has 0 unspecified atom stereocenters. The van der Waals surface area contributed by atoms with Gasteiger partial charge in [-0.05, 0) is 18.6 Å². The summed E-state index contributed by atoms with van der Waals surface area (Å²) in [6, 6.07) is 8.20. The highest BCUT2D eigenvalue weighted by Crippen LogP contribution is 2.22. The largest absolute Gasteiger partial charge is 0.476 e. The van der Waals surface area contributed by atoms with Gasteiger partial charge in [0.1, 0.15) is 5.82 Å². The van der Waals surface area contributed by atoms with E-state index in [1.54, 1.807) is 30.3 Å². The minimum absolute atomic E-state index is 0.103. The summed E-state index contributed by atoms with van der Waals surface area (Å²) in [7, 11) is -3.50. The molecule has 0 saturated carbocycles. The Hall–Kier alpha value is -2.52. The number of aromatic nitrogens is 2. The first kappa shape index (κ1) is 16.3. The van der Waals surface area contributed by atoms with Gasteiger partial charge in [0.25, 0.3) is 0 Å². The number of benzene rings is 1. The molecule has 1 aliphatic rings. The lowest BCUT2D eigenvalue weighted by molar-refractivity contribution is 0.0690. The van der Waals surface area contributed by atoms with E-state index in [0.29, 0.717) is 25.3 Å². The van der Waals surface area contributed by atoms with Crippen LogP contribution in [0.3, 0.4) is 0 Å². The summed E-state index contributed by atoms with van der Waals surface area (Å²) in [5.41, 5.74) is -0.139. The number of hydrogen-bond donors (Lipinski definition) is 2. The fourth-order valence-electron chi connectivity index (χ4n) is 2.53. The predicted octanol–water partition coefficient (Wildman–Crippen LogP) is 1.05. The van der Waals surface area contributed by atoms with Crippen LogP contribution in [0.1, 0.15) is 16.9 Å². The minimum Gasteiger partial charge on any atom is -0.476 e. The Kier molecular flexibility index (Phi) is 4.45. The van der Waals surface area contributed by atoms with Gasteiger partial charge in [-0.15, -0.1) is 0 Å². The molecule has 1 aromatic heterocycles. The van der Waals surface area contributed by atoms with Gasteiger partial charge in [-0.25, -0.2) is 23.2 Å². The van der Waals surface area contributed by atoms with E-state index < -0.39 is 16.0 Å². The topological polar surface area (TPSA) is 112 Å². The van der Waals surface area contributed by atoms with Crippen molar-refractivity contribution in [3.05, 3.63) is 48.4 Å². The maximum absolute atomic E-state index is 12.6. The van der Waals surface area contributed by atoms with Crippen molar-refractivity contribution in [2.75, 3.05) is 18.4 Å². The molecule has 1 aliphatic heterocycles. The molecule has 0 amide bonds. The summed E-state index contributed by atoms with van der Waals surface area (Å²) >= 11 is 0. The monoisotopic (exact) mass is 348 g/mol. The second-order valence-electron chi connectivity index (χ2n) is 5.40. The van der Waals surface area contributed by atoms with Crippen molar-refractivity contribution in [3.63, 3.8) is 0 Å². The van der Waals surface area contributed by atoms with Gasteiger partial charge in [0.05, 0.1) is 17.3 Å². The van der Waals surface area contributed by atoms with Crippen molar-refractivity contribution >= 4 is 21.8 Å². The molecule has 2 heterocycles. The highest BCUT2D eigenvalue weighted by Gasteiger charge is 2.32. The van der Waals surface area contributed by atoms with Crippen LogP contribution in [0.5, 0.6) is 0 Å². The second kappa shape index (κ2) is 6.54. The highest BCUT2D eigenvalue weighted by molar-refractivity contribution is 7.89. The SMILES string of the molecule is O=C(O)c1cnc(N[C@H]2CCN(S(=O)(=O)c3ccccc3)C2)cn1. The van der Waals surface area contributed by atoms with Crippen LogP contribution in [0.15, 0.2) is 47.6 Å². The second-order valence-corrected chi connectivity index (χ2v) is 7.34. The normalized spacial score (nSPS) is 18.4. The van der Waals surface area contributed by atoms with Gasteiger partial charge in [0, 0.05) is 19.1 Å². The first-order valence-electron chi connectivity index (χ1n) is 7.34. The Bertz CT molecular complexity index is 824. The van der Waals surface area contributed by atoms with Gasteiger partial charge < -0.3 is 10.4 Å². The Morgan fingerprint density at radius 3 is 2.58 bits per heavy atom. The van der Waals surface area contributed by atoms with Gasteiger partial charge >= 0.3 is 5.97 Å². The molecular formula is C15H16N4O4S. The van der Waals surface area contributed by atoms with E-state index in [4.69, 9.17) is 5.11 Å². The summed E-state index contributed by atoms with van der Waals surface area (Å²) in [6.45, 7) is 0.731. The van der Waals surface area contributed by atoms with Crippen LogP contribution in [-0.4, -0.2) is 52.9 Å². The quantitative estimate of drug-likeness (QED) is 0.830. The summed E-state index contributed by atoms with van der Waals surface area (Å²) in [5.74, 6) is -0.723. The number of nitrogens with zero attached hydrogens (tertiary/aromatic N) is 3. The van der Waals surface area contributed by atoms with Crippen molar-refractivity contribution in [2.24, 2.45) is 0 Å². The van der Waals surface area contributed by atoms with E-state index in [1.165, 1.54) is 10.5 Å². The molecule has 0 bridgehead atoms. The van der Waals surface area contributed by atoms with Crippen LogP contribution in [0.2, 0.25) is 0 Å². The molecule has 0 aliphatic carbocycles. The summed E-state index contributed by atoms with van der Waals surface area (Å²) in [5, 5.41) is 11.9. The minimum atomic E-state index is -3.50. The average molecular weight is 348 g/mol. The van der Waals surface area contributed by atoms with E-state index in [1.807, 2.05) is 0 Å². The number of carboxylic acids is 1. The maximum atomic E-state index is 12.6. The van der Waals surface area contributed by atoms with Gasteiger partial charge in [0.2, 0.25) is 10.0 Å². The van der Waals surface area contributed by atoms with Gasteiger partial charge in [-0.1, -0.05) is 18.2 Å². The number of carbonyl (C=O) groups is 1. The maximum Gasteiger partial charge on any atom is 0.356 e. The van der Waals surface area contributed by atoms with Crippen LogP contribution in [0, 0.1) is 0 Å². The lowest BCUT2D eigenvalue weighted by atomic mass is 10.2. The van der Waals surface area contributed by atoms with Crippen molar-refractivity contribution in [3.8, 4) is 0 Å². The summed E-state index contributed by atoms with van der Waals surface area (Å²) in [4.78, 5) is 18.8. The fourth-order valence-corrected chi connectivity index (χ4v) is 4.05. The van der Waals surface area contributed by atoms with Crippen LogP contribution in [0.25, 0.3) is 0 Å². The zero-order valence-corrected chi connectivity index (χ0v) is 13.5. The molecule has 24 heavy (non-hydrogen) atoms.